The summed E-state index contributed by atoms with van der Waals surface area (Å²) < 4.78 is 3.92. The Morgan fingerprint density at radius 1 is 1.44 bits per heavy atom. The summed E-state index contributed by atoms with van der Waals surface area (Å²) in [5, 5.41) is 7.17. The molecule has 1 amide bonds. The molecular formula is C12H22N4OS. The maximum absolute atomic E-state index is 12.3. The van der Waals surface area contributed by atoms with Crippen LogP contribution in [-0.2, 0) is 5.41 Å². The number of carbonyl (C=O) groups excluding carboxylic acids is 1. The second-order valence-electron chi connectivity index (χ2n) is 5.38. The van der Waals surface area contributed by atoms with Crippen molar-refractivity contribution < 1.29 is 4.79 Å². The first-order chi connectivity index (χ1) is 8.38. The number of rotatable bonds is 5. The highest BCUT2D eigenvalue weighted by Gasteiger charge is 2.27. The minimum absolute atomic E-state index is 0.0195. The minimum Gasteiger partial charge on any atom is -0.341 e. The summed E-state index contributed by atoms with van der Waals surface area (Å²) in [5.74, 6) is 0.0195. The third kappa shape index (κ3) is 3.74. The van der Waals surface area contributed by atoms with E-state index in [4.69, 9.17) is 0 Å². The van der Waals surface area contributed by atoms with Gasteiger partial charge in [0.2, 0.25) is 0 Å². The Hall–Kier alpha value is -1.01. The number of nitrogens with one attached hydrogen (secondary N) is 1. The molecule has 0 saturated heterocycles. The van der Waals surface area contributed by atoms with Crippen LogP contribution in [0, 0.1) is 0 Å². The summed E-state index contributed by atoms with van der Waals surface area (Å²) in [4.78, 5) is 14.7. The Bertz CT molecular complexity index is 397. The van der Waals surface area contributed by atoms with Gasteiger partial charge in [-0.25, -0.2) is 0 Å². The van der Waals surface area contributed by atoms with Gasteiger partial charge in [0.25, 0.3) is 5.91 Å². The van der Waals surface area contributed by atoms with Crippen LogP contribution in [0.4, 0.5) is 0 Å². The van der Waals surface area contributed by atoms with Crippen molar-refractivity contribution in [1.29, 1.82) is 0 Å². The minimum atomic E-state index is -0.149. The van der Waals surface area contributed by atoms with Gasteiger partial charge in [-0.2, -0.15) is 0 Å². The first kappa shape index (κ1) is 15.0. The number of aromatic nitrogens is 2. The number of amides is 1. The van der Waals surface area contributed by atoms with Crippen LogP contribution in [0.2, 0.25) is 0 Å². The Kier molecular flexibility index (Phi) is 5.22. The molecule has 0 aliphatic carbocycles. The normalized spacial score (nSPS) is 11.6. The zero-order chi connectivity index (χ0) is 13.8. The van der Waals surface area contributed by atoms with Crippen molar-refractivity contribution in [2.24, 2.45) is 0 Å². The van der Waals surface area contributed by atoms with Crippen molar-refractivity contribution in [3.8, 4) is 0 Å². The Balaban J connectivity index is 2.75. The van der Waals surface area contributed by atoms with Gasteiger partial charge in [0, 0.05) is 19.0 Å². The second-order valence-corrected chi connectivity index (χ2v) is 6.14. The van der Waals surface area contributed by atoms with E-state index in [2.05, 4.69) is 14.9 Å². The van der Waals surface area contributed by atoms with Crippen LogP contribution in [0.3, 0.4) is 0 Å². The van der Waals surface area contributed by atoms with E-state index >= 15 is 0 Å². The fourth-order valence-corrected chi connectivity index (χ4v) is 2.46. The summed E-state index contributed by atoms with van der Waals surface area (Å²) in [6, 6.07) is 0. The summed E-state index contributed by atoms with van der Waals surface area (Å²) in [6.45, 7) is 7.77. The molecule has 0 saturated carbocycles. The van der Waals surface area contributed by atoms with E-state index in [1.54, 1.807) is 4.90 Å². The van der Waals surface area contributed by atoms with Crippen molar-refractivity contribution in [2.75, 3.05) is 27.2 Å². The molecule has 1 N–H and O–H groups in total. The SMILES string of the molecule is CNCCCN(C)C(=O)c1snnc1C(C)(C)C. The van der Waals surface area contributed by atoms with Crippen LogP contribution >= 0.6 is 11.5 Å². The molecule has 0 radical (unpaired) electrons. The topological polar surface area (TPSA) is 58.1 Å². The molecule has 0 atom stereocenters. The van der Waals surface area contributed by atoms with Gasteiger partial charge in [0.1, 0.15) is 4.88 Å². The maximum Gasteiger partial charge on any atom is 0.267 e. The van der Waals surface area contributed by atoms with E-state index in [-0.39, 0.29) is 11.3 Å². The van der Waals surface area contributed by atoms with Crippen LogP contribution in [0.15, 0.2) is 0 Å². The van der Waals surface area contributed by atoms with Crippen molar-refractivity contribution in [2.45, 2.75) is 32.6 Å². The molecule has 0 aliphatic heterocycles. The molecule has 102 valence electrons. The van der Waals surface area contributed by atoms with Crippen LogP contribution in [-0.4, -0.2) is 47.6 Å². The van der Waals surface area contributed by atoms with Gasteiger partial charge < -0.3 is 10.2 Å². The Morgan fingerprint density at radius 3 is 2.67 bits per heavy atom. The molecule has 0 spiro atoms. The van der Waals surface area contributed by atoms with Gasteiger partial charge >= 0.3 is 0 Å². The zero-order valence-electron chi connectivity index (χ0n) is 11.8. The highest BCUT2D eigenvalue weighted by Crippen LogP contribution is 2.26. The van der Waals surface area contributed by atoms with Gasteiger partial charge in [-0.3, -0.25) is 4.79 Å². The van der Waals surface area contributed by atoms with Gasteiger partial charge in [-0.1, -0.05) is 25.3 Å². The molecule has 1 aromatic heterocycles. The molecule has 0 bridgehead atoms. The van der Waals surface area contributed by atoms with Crippen LogP contribution < -0.4 is 5.32 Å². The summed E-state index contributed by atoms with van der Waals surface area (Å²) in [5.41, 5.74) is 0.641. The van der Waals surface area contributed by atoms with Crippen molar-refractivity contribution in [1.82, 2.24) is 19.8 Å². The van der Waals surface area contributed by atoms with Gasteiger partial charge in [0.05, 0.1) is 5.69 Å². The first-order valence-corrected chi connectivity index (χ1v) is 6.88. The third-order valence-electron chi connectivity index (χ3n) is 2.66. The van der Waals surface area contributed by atoms with Crippen LogP contribution in [0.5, 0.6) is 0 Å². The maximum atomic E-state index is 12.3. The molecular weight excluding hydrogens is 248 g/mol. The largest absolute Gasteiger partial charge is 0.341 e. The lowest BCUT2D eigenvalue weighted by Crippen LogP contribution is -2.30. The number of carbonyl (C=O) groups is 1. The van der Waals surface area contributed by atoms with E-state index in [0.29, 0.717) is 4.88 Å². The summed E-state index contributed by atoms with van der Waals surface area (Å²) in [6.07, 6.45) is 0.940. The van der Waals surface area contributed by atoms with Gasteiger partial charge in [-0.05, 0) is 31.5 Å². The Labute approximate surface area is 113 Å². The predicted octanol–water partition coefficient (Wildman–Crippen LogP) is 1.52. The molecule has 0 aliphatic rings. The first-order valence-electron chi connectivity index (χ1n) is 6.11. The number of hydrogen-bond donors (Lipinski definition) is 1. The Morgan fingerprint density at radius 2 is 2.11 bits per heavy atom. The number of hydrogen-bond acceptors (Lipinski definition) is 5. The lowest BCUT2D eigenvalue weighted by Gasteiger charge is -2.20. The van der Waals surface area contributed by atoms with E-state index in [1.165, 1.54) is 11.5 Å². The molecule has 5 nitrogen and oxygen atoms in total. The van der Waals surface area contributed by atoms with Crippen molar-refractivity contribution >= 4 is 17.4 Å². The molecule has 0 fully saturated rings. The third-order valence-corrected chi connectivity index (χ3v) is 3.37. The smallest absolute Gasteiger partial charge is 0.267 e. The lowest BCUT2D eigenvalue weighted by molar-refractivity contribution is 0.0796. The van der Waals surface area contributed by atoms with Crippen molar-refractivity contribution in [3.05, 3.63) is 10.6 Å². The summed E-state index contributed by atoms with van der Waals surface area (Å²) in [7, 11) is 3.73. The average molecular weight is 270 g/mol. The number of nitrogens with zero attached hydrogens (tertiary/aromatic N) is 3. The fraction of sp³-hybridized carbons (Fsp3) is 0.750. The molecule has 1 rings (SSSR count). The fourth-order valence-electron chi connectivity index (χ4n) is 1.59. The molecule has 1 heterocycles. The molecule has 6 heteroatoms. The lowest BCUT2D eigenvalue weighted by atomic mass is 9.91. The van der Waals surface area contributed by atoms with E-state index in [9.17, 15) is 4.79 Å². The van der Waals surface area contributed by atoms with E-state index in [1.807, 2.05) is 34.9 Å². The van der Waals surface area contributed by atoms with Gasteiger partial charge in [0.15, 0.2) is 0 Å². The second kappa shape index (κ2) is 6.24. The van der Waals surface area contributed by atoms with Crippen LogP contribution in [0.25, 0.3) is 0 Å². The van der Waals surface area contributed by atoms with E-state index in [0.717, 1.165) is 25.2 Å². The molecule has 0 aromatic carbocycles. The van der Waals surface area contributed by atoms with Crippen LogP contribution in [0.1, 0.15) is 42.6 Å². The van der Waals surface area contributed by atoms with E-state index < -0.39 is 0 Å². The average Bonchev–Trinajstić information content (AvgIpc) is 2.76. The predicted molar refractivity (Wildman–Crippen MR) is 74.1 cm³/mol. The quantitative estimate of drug-likeness (QED) is 0.824. The molecule has 0 unspecified atom stereocenters. The highest BCUT2D eigenvalue weighted by atomic mass is 32.1. The standard InChI is InChI=1S/C12H22N4OS/c1-12(2,3)10-9(18-15-14-10)11(17)16(5)8-6-7-13-4/h13H,6-8H2,1-5H3. The highest BCUT2D eigenvalue weighted by molar-refractivity contribution is 7.08. The van der Waals surface area contributed by atoms with Crippen molar-refractivity contribution in [3.63, 3.8) is 0 Å². The molecule has 18 heavy (non-hydrogen) atoms. The monoisotopic (exact) mass is 270 g/mol. The van der Waals surface area contributed by atoms with Gasteiger partial charge in [-0.15, -0.1) is 5.10 Å². The summed E-state index contributed by atoms with van der Waals surface area (Å²) >= 11 is 1.18. The molecule has 1 aromatic rings. The zero-order valence-corrected chi connectivity index (χ0v) is 12.6.